The fourth-order valence-electron chi connectivity index (χ4n) is 3.39. The Hall–Kier alpha value is -4.37. The fourth-order valence-corrected chi connectivity index (χ4v) is 3.39. The normalized spacial score (nSPS) is 10.9. The largest absolute Gasteiger partial charge is 0.483 e. The van der Waals surface area contributed by atoms with Gasteiger partial charge in [-0.3, -0.25) is 9.59 Å². The number of nitrogens with one attached hydrogen (secondary N) is 2. The molecule has 0 saturated carbocycles. The van der Waals surface area contributed by atoms with E-state index in [0.29, 0.717) is 17.0 Å². The molecule has 172 valence electrons. The lowest BCUT2D eigenvalue weighted by Crippen LogP contribution is -2.21. The summed E-state index contributed by atoms with van der Waals surface area (Å²) in [5.74, 6) is -0.428. The molecule has 0 aliphatic carbocycles. The third-order valence-corrected chi connectivity index (χ3v) is 5.45. The zero-order chi connectivity index (χ0) is 24.7. The summed E-state index contributed by atoms with van der Waals surface area (Å²) in [6.45, 7) is 7.57. The number of benzene rings is 3. The Kier molecular flexibility index (Phi) is 7.83. The standard InChI is InChI=1S/C28H27N3O3/c1-18-12-13-24(20(3)14-18)31-28(33)23(16-29)15-22-9-5-6-11-26(22)34-17-27(32)30-25-10-7-8-19(2)21(25)4/h5-15H,17H2,1-4H3,(H,30,32)(H,31,33)/b23-15+. The molecule has 3 aromatic carbocycles. The van der Waals surface area contributed by atoms with Gasteiger partial charge in [0.2, 0.25) is 0 Å². The van der Waals surface area contributed by atoms with Gasteiger partial charge in [0.25, 0.3) is 11.8 Å². The van der Waals surface area contributed by atoms with Crippen molar-refractivity contribution in [3.63, 3.8) is 0 Å². The van der Waals surface area contributed by atoms with Crippen LogP contribution < -0.4 is 15.4 Å². The minimum atomic E-state index is -0.517. The Balaban J connectivity index is 1.72. The number of carbonyl (C=O) groups excluding carboxylic acids is 2. The lowest BCUT2D eigenvalue weighted by molar-refractivity contribution is -0.118. The van der Waals surface area contributed by atoms with Crippen molar-refractivity contribution in [2.45, 2.75) is 27.7 Å². The van der Waals surface area contributed by atoms with E-state index in [-0.39, 0.29) is 18.1 Å². The van der Waals surface area contributed by atoms with E-state index < -0.39 is 5.91 Å². The molecular weight excluding hydrogens is 426 g/mol. The van der Waals surface area contributed by atoms with Crippen molar-refractivity contribution in [3.05, 3.63) is 94.1 Å². The molecule has 0 aliphatic heterocycles. The molecule has 0 saturated heterocycles. The second-order valence-corrected chi connectivity index (χ2v) is 8.06. The second-order valence-electron chi connectivity index (χ2n) is 8.06. The van der Waals surface area contributed by atoms with Crippen molar-refractivity contribution in [3.8, 4) is 11.8 Å². The van der Waals surface area contributed by atoms with Gasteiger partial charge >= 0.3 is 0 Å². The molecule has 0 fully saturated rings. The molecule has 0 aromatic heterocycles. The second kappa shape index (κ2) is 11.0. The number of hydrogen-bond acceptors (Lipinski definition) is 4. The molecule has 2 N–H and O–H groups in total. The van der Waals surface area contributed by atoms with Crippen LogP contribution in [0, 0.1) is 39.0 Å². The van der Waals surface area contributed by atoms with E-state index >= 15 is 0 Å². The predicted molar refractivity (Wildman–Crippen MR) is 135 cm³/mol. The summed E-state index contributed by atoms with van der Waals surface area (Å²) in [5, 5.41) is 15.2. The summed E-state index contributed by atoms with van der Waals surface area (Å²) >= 11 is 0. The minimum Gasteiger partial charge on any atom is -0.483 e. The summed E-state index contributed by atoms with van der Waals surface area (Å²) in [7, 11) is 0. The summed E-state index contributed by atoms with van der Waals surface area (Å²) in [6, 6.07) is 20.2. The summed E-state index contributed by atoms with van der Waals surface area (Å²) < 4.78 is 5.72. The number of amides is 2. The van der Waals surface area contributed by atoms with Crippen LogP contribution in [-0.4, -0.2) is 18.4 Å². The molecule has 2 amide bonds. The maximum Gasteiger partial charge on any atom is 0.266 e. The molecule has 6 heteroatoms. The molecule has 0 radical (unpaired) electrons. The molecule has 3 rings (SSSR count). The maximum atomic E-state index is 12.7. The number of ether oxygens (including phenoxy) is 1. The molecule has 34 heavy (non-hydrogen) atoms. The summed E-state index contributed by atoms with van der Waals surface area (Å²) in [5.41, 5.74) is 5.89. The highest BCUT2D eigenvalue weighted by Crippen LogP contribution is 2.23. The Morgan fingerprint density at radius 3 is 2.41 bits per heavy atom. The monoisotopic (exact) mass is 453 g/mol. The number of carbonyl (C=O) groups is 2. The van der Waals surface area contributed by atoms with Crippen molar-refractivity contribution >= 4 is 29.3 Å². The van der Waals surface area contributed by atoms with E-state index in [1.54, 1.807) is 24.3 Å². The lowest BCUT2D eigenvalue weighted by atomic mass is 10.1. The van der Waals surface area contributed by atoms with E-state index in [2.05, 4.69) is 10.6 Å². The number of aryl methyl sites for hydroxylation is 3. The van der Waals surface area contributed by atoms with Crippen LogP contribution in [0.1, 0.15) is 27.8 Å². The van der Waals surface area contributed by atoms with Gasteiger partial charge in [0.1, 0.15) is 17.4 Å². The van der Waals surface area contributed by atoms with Crippen molar-refractivity contribution in [2.24, 2.45) is 0 Å². The number of para-hydroxylation sites is 1. The van der Waals surface area contributed by atoms with Gasteiger partial charge in [0.15, 0.2) is 6.61 Å². The number of nitriles is 1. The molecule has 3 aromatic rings. The number of rotatable bonds is 7. The smallest absolute Gasteiger partial charge is 0.266 e. The van der Waals surface area contributed by atoms with E-state index in [1.165, 1.54) is 6.08 Å². The van der Waals surface area contributed by atoms with Crippen LogP contribution in [0.3, 0.4) is 0 Å². The summed E-state index contributed by atoms with van der Waals surface area (Å²) in [4.78, 5) is 25.2. The van der Waals surface area contributed by atoms with Gasteiger partial charge in [0, 0.05) is 16.9 Å². The molecule has 0 aliphatic rings. The SMILES string of the molecule is Cc1ccc(NC(=O)/C(C#N)=C/c2ccccc2OCC(=O)Nc2cccc(C)c2C)c(C)c1. The Morgan fingerprint density at radius 2 is 1.68 bits per heavy atom. The van der Waals surface area contributed by atoms with Crippen molar-refractivity contribution in [2.75, 3.05) is 17.2 Å². The average molecular weight is 454 g/mol. The first-order chi connectivity index (χ1) is 16.3. The minimum absolute atomic E-state index is 0.0733. The topological polar surface area (TPSA) is 91.2 Å². The molecule has 0 atom stereocenters. The van der Waals surface area contributed by atoms with Gasteiger partial charge in [-0.2, -0.15) is 5.26 Å². The van der Waals surface area contributed by atoms with Gasteiger partial charge in [-0.15, -0.1) is 0 Å². The van der Waals surface area contributed by atoms with Crippen LogP contribution >= 0.6 is 0 Å². The third-order valence-electron chi connectivity index (χ3n) is 5.45. The quantitative estimate of drug-likeness (QED) is 0.366. The van der Waals surface area contributed by atoms with Gasteiger partial charge < -0.3 is 15.4 Å². The van der Waals surface area contributed by atoms with E-state index in [9.17, 15) is 14.9 Å². The zero-order valence-corrected chi connectivity index (χ0v) is 19.7. The molecule has 6 nitrogen and oxygen atoms in total. The molecule has 0 heterocycles. The highest BCUT2D eigenvalue weighted by molar-refractivity contribution is 6.10. The maximum absolute atomic E-state index is 12.7. The predicted octanol–water partition coefficient (Wildman–Crippen LogP) is 5.48. The Labute approximate surface area is 199 Å². The summed E-state index contributed by atoms with van der Waals surface area (Å²) in [6.07, 6.45) is 1.46. The number of hydrogen-bond donors (Lipinski definition) is 2. The van der Waals surface area contributed by atoms with Crippen LogP contribution in [-0.2, 0) is 9.59 Å². The number of nitrogens with zero attached hydrogens (tertiary/aromatic N) is 1. The van der Waals surface area contributed by atoms with Crippen LogP contribution in [0.25, 0.3) is 6.08 Å². The molecule has 0 spiro atoms. The van der Waals surface area contributed by atoms with Gasteiger partial charge in [0.05, 0.1) is 0 Å². The highest BCUT2D eigenvalue weighted by atomic mass is 16.5. The van der Waals surface area contributed by atoms with Gasteiger partial charge in [-0.25, -0.2) is 0 Å². The fraction of sp³-hybridized carbons (Fsp3) is 0.179. The van der Waals surface area contributed by atoms with E-state index in [0.717, 1.165) is 27.9 Å². The van der Waals surface area contributed by atoms with Crippen molar-refractivity contribution in [1.82, 2.24) is 0 Å². The average Bonchev–Trinajstić information content (AvgIpc) is 2.81. The van der Waals surface area contributed by atoms with Gasteiger partial charge in [-0.05, 0) is 68.7 Å². The lowest BCUT2D eigenvalue weighted by Gasteiger charge is -2.12. The van der Waals surface area contributed by atoms with Crippen LogP contribution in [0.15, 0.2) is 66.2 Å². The van der Waals surface area contributed by atoms with Gasteiger partial charge in [-0.1, -0.05) is 48.0 Å². The molecular formula is C28H27N3O3. The van der Waals surface area contributed by atoms with E-state index in [1.807, 2.05) is 70.2 Å². The highest BCUT2D eigenvalue weighted by Gasteiger charge is 2.13. The van der Waals surface area contributed by atoms with Crippen LogP contribution in [0.5, 0.6) is 5.75 Å². The van der Waals surface area contributed by atoms with Crippen LogP contribution in [0.4, 0.5) is 11.4 Å². The van der Waals surface area contributed by atoms with Crippen molar-refractivity contribution in [1.29, 1.82) is 5.26 Å². The Morgan fingerprint density at radius 1 is 0.912 bits per heavy atom. The number of anilines is 2. The van der Waals surface area contributed by atoms with E-state index in [4.69, 9.17) is 4.74 Å². The first kappa shape index (κ1) is 24.3. The van der Waals surface area contributed by atoms with Crippen molar-refractivity contribution < 1.29 is 14.3 Å². The molecule has 0 unspecified atom stereocenters. The zero-order valence-electron chi connectivity index (χ0n) is 19.7. The third kappa shape index (κ3) is 6.11. The Bertz CT molecular complexity index is 1300. The first-order valence-corrected chi connectivity index (χ1v) is 10.9. The first-order valence-electron chi connectivity index (χ1n) is 10.9. The molecule has 0 bridgehead atoms. The van der Waals surface area contributed by atoms with Crippen LogP contribution in [0.2, 0.25) is 0 Å².